The van der Waals surface area contributed by atoms with Gasteiger partial charge in [-0.05, 0) is 81.3 Å². The molecule has 2 N–H and O–H groups in total. The topological polar surface area (TPSA) is 83.5 Å². The first-order valence-electron chi connectivity index (χ1n) is 13.1. The summed E-state index contributed by atoms with van der Waals surface area (Å²) in [4.78, 5) is 12.6. The van der Waals surface area contributed by atoms with E-state index in [9.17, 15) is 53.4 Å². The van der Waals surface area contributed by atoms with E-state index in [4.69, 9.17) is 0 Å². The van der Waals surface area contributed by atoms with Crippen LogP contribution >= 0.6 is 0 Å². The minimum atomic E-state index is -6.35. The molecule has 0 saturated heterocycles. The molecule has 232 valence electrons. The van der Waals surface area contributed by atoms with E-state index in [-0.39, 0.29) is 48.1 Å². The number of aryl methyl sites for hydroxylation is 1. The highest BCUT2D eigenvalue weighted by atomic mass is 32.2. The molecule has 0 spiro atoms. The maximum Gasteiger partial charge on any atom is 0.435 e. The molecule has 14 heteroatoms. The smallest absolute Gasteiger partial charge is 0.395 e. The number of sulfone groups is 1. The highest BCUT2D eigenvalue weighted by Crippen LogP contribution is 2.58. The number of hydrogen-bond acceptors (Lipinski definition) is 4. The normalized spacial score (nSPS) is 23.6. The van der Waals surface area contributed by atoms with Crippen molar-refractivity contribution >= 4 is 15.7 Å². The molecule has 2 aromatic carbocycles. The van der Waals surface area contributed by atoms with Crippen molar-refractivity contribution < 1.29 is 53.4 Å². The minimum Gasteiger partial charge on any atom is -0.395 e. The van der Waals surface area contributed by atoms with Crippen molar-refractivity contribution in [2.45, 2.75) is 79.7 Å². The van der Waals surface area contributed by atoms with E-state index in [0.717, 1.165) is 30.3 Å². The molecule has 0 aromatic heterocycles. The molecule has 3 atom stereocenters. The number of aliphatic hydroxyl groups excluding tert-OH is 1. The summed E-state index contributed by atoms with van der Waals surface area (Å²) in [7, 11) is -4.53. The zero-order valence-electron chi connectivity index (χ0n) is 22.5. The van der Waals surface area contributed by atoms with Crippen LogP contribution in [0.1, 0.15) is 56.2 Å². The zero-order chi connectivity index (χ0) is 31.5. The molecule has 2 aliphatic carbocycles. The largest absolute Gasteiger partial charge is 0.435 e. The van der Waals surface area contributed by atoms with Gasteiger partial charge in [-0.3, -0.25) is 4.79 Å². The fourth-order valence-corrected chi connectivity index (χ4v) is 8.66. The fourth-order valence-electron chi connectivity index (χ4n) is 6.19. The quantitative estimate of drug-likeness (QED) is 0.303. The lowest BCUT2D eigenvalue weighted by atomic mass is 9.82. The van der Waals surface area contributed by atoms with Crippen LogP contribution in [-0.2, 0) is 31.5 Å². The van der Waals surface area contributed by atoms with Crippen molar-refractivity contribution in [3.05, 3.63) is 65.0 Å². The maximum atomic E-state index is 15.0. The van der Waals surface area contributed by atoms with Gasteiger partial charge in [0.2, 0.25) is 5.91 Å². The predicted octanol–water partition coefficient (Wildman–Crippen LogP) is 6.03. The molecule has 0 bridgehead atoms. The van der Waals surface area contributed by atoms with E-state index < -0.39 is 73.9 Å². The lowest BCUT2D eigenvalue weighted by Crippen LogP contribution is -2.51. The fraction of sp³-hybridized carbons (Fsp3) is 0.536. The van der Waals surface area contributed by atoms with Crippen LogP contribution in [0, 0.1) is 17.2 Å². The van der Waals surface area contributed by atoms with Crippen LogP contribution in [0.15, 0.2) is 47.4 Å². The van der Waals surface area contributed by atoms with Gasteiger partial charge in [-0.1, -0.05) is 18.2 Å². The van der Waals surface area contributed by atoms with Gasteiger partial charge >= 0.3 is 18.0 Å². The summed E-state index contributed by atoms with van der Waals surface area (Å²) in [5.74, 6) is -2.23. The average molecular weight is 628 g/mol. The lowest BCUT2D eigenvalue weighted by molar-refractivity contribution is -0.348. The summed E-state index contributed by atoms with van der Waals surface area (Å²) in [6.45, 7) is 2.41. The highest BCUT2D eigenvalue weighted by Gasteiger charge is 2.73. The van der Waals surface area contributed by atoms with Crippen molar-refractivity contribution in [1.29, 1.82) is 0 Å². The van der Waals surface area contributed by atoms with Crippen LogP contribution in [0.2, 0.25) is 0 Å². The molecule has 0 radical (unpaired) electrons. The van der Waals surface area contributed by atoms with Crippen molar-refractivity contribution in [2.24, 2.45) is 11.3 Å². The Morgan fingerprint density at radius 2 is 1.57 bits per heavy atom. The molecule has 0 heterocycles. The second-order valence-corrected chi connectivity index (χ2v) is 13.7. The maximum absolute atomic E-state index is 15.0. The van der Waals surface area contributed by atoms with Crippen LogP contribution in [0.25, 0.3) is 0 Å². The van der Waals surface area contributed by atoms with Gasteiger partial charge in [0.25, 0.3) is 0 Å². The number of amides is 1. The molecule has 42 heavy (non-hydrogen) atoms. The minimum absolute atomic E-state index is 0.0671. The van der Waals surface area contributed by atoms with Crippen LogP contribution < -0.4 is 5.32 Å². The first-order chi connectivity index (χ1) is 19.2. The lowest BCUT2D eigenvalue weighted by Gasteiger charge is -2.38. The molecule has 1 amide bonds. The molecule has 0 aliphatic heterocycles. The van der Waals surface area contributed by atoms with Crippen LogP contribution in [0.3, 0.4) is 0 Å². The number of hydrogen-bond donors (Lipinski definition) is 2. The third kappa shape index (κ3) is 4.87. The van der Waals surface area contributed by atoms with E-state index in [1.165, 1.54) is 13.8 Å². The van der Waals surface area contributed by atoms with Crippen molar-refractivity contribution in [2.75, 3.05) is 6.61 Å². The standard InChI is InChI=1S/C28H29F8NO4S/c1-24(2,15-38)23(39)37-22-12-13-25(42(40,41)19-9-7-18(29)8-10-19)20-11-6-17(14-16(20)4-3-5-21(22)25)26(30,27(31,32)33)28(34,35)36/h6-11,14,21-22,38H,3-5,12-13,15H2,1-2H3,(H,37,39)/t21-,22+,25+/m0/s1. The molecule has 2 aromatic rings. The number of nitrogens with one attached hydrogen (secondary N) is 1. The van der Waals surface area contributed by atoms with Gasteiger partial charge in [0, 0.05) is 17.5 Å². The SMILES string of the molecule is CC(C)(CO)C(=O)N[C@@H]1CC[C@@]2(S(=O)(=O)c3ccc(F)cc3)c3ccc(C(F)(C(F)(F)F)C(F)(F)F)cc3CCC[C@@H]12. The number of benzene rings is 2. The first kappa shape index (κ1) is 32.2. The third-order valence-corrected chi connectivity index (χ3v) is 11.1. The van der Waals surface area contributed by atoms with Gasteiger partial charge in [0.1, 0.15) is 10.6 Å². The Labute approximate surface area is 237 Å². The Balaban J connectivity index is 1.95. The van der Waals surface area contributed by atoms with Gasteiger partial charge in [0.05, 0.1) is 16.9 Å². The van der Waals surface area contributed by atoms with E-state index in [2.05, 4.69) is 5.32 Å². The Kier molecular flexibility index (Phi) is 8.01. The molecule has 4 rings (SSSR count). The Morgan fingerprint density at radius 3 is 2.12 bits per heavy atom. The van der Waals surface area contributed by atoms with Crippen LogP contribution in [0.5, 0.6) is 0 Å². The molecular formula is C28H29F8NO4S. The Morgan fingerprint density at radius 1 is 0.976 bits per heavy atom. The molecule has 1 saturated carbocycles. The summed E-state index contributed by atoms with van der Waals surface area (Å²) in [6.07, 6.45) is -12.8. The summed E-state index contributed by atoms with van der Waals surface area (Å²) in [5.41, 5.74) is -8.95. The summed E-state index contributed by atoms with van der Waals surface area (Å²) < 4.78 is 137. The number of fused-ring (bicyclic) bond motifs is 3. The predicted molar refractivity (Wildman–Crippen MR) is 135 cm³/mol. The number of alkyl halides is 7. The first-order valence-corrected chi connectivity index (χ1v) is 14.6. The number of carbonyl (C=O) groups is 1. The summed E-state index contributed by atoms with van der Waals surface area (Å²) >= 11 is 0. The monoisotopic (exact) mass is 627 g/mol. The second-order valence-electron chi connectivity index (χ2n) is 11.5. The van der Waals surface area contributed by atoms with Crippen molar-refractivity contribution in [3.63, 3.8) is 0 Å². The van der Waals surface area contributed by atoms with E-state index in [1.807, 2.05) is 0 Å². The van der Waals surface area contributed by atoms with Crippen LogP contribution in [0.4, 0.5) is 35.1 Å². The Bertz CT molecular complexity index is 1440. The Hall–Kier alpha value is -2.74. The molecule has 0 unspecified atom stereocenters. The highest BCUT2D eigenvalue weighted by molar-refractivity contribution is 7.92. The number of carbonyl (C=O) groups excluding carboxylic acids is 1. The van der Waals surface area contributed by atoms with Gasteiger partial charge in [0.15, 0.2) is 9.84 Å². The number of aliphatic hydroxyl groups is 1. The second kappa shape index (κ2) is 10.5. The molecule has 1 fully saturated rings. The summed E-state index contributed by atoms with van der Waals surface area (Å²) in [5, 5.41) is 12.4. The molecular weight excluding hydrogens is 598 g/mol. The zero-order valence-corrected chi connectivity index (χ0v) is 23.4. The number of rotatable bonds is 6. The van der Waals surface area contributed by atoms with Gasteiger partial charge < -0.3 is 10.4 Å². The molecule has 5 nitrogen and oxygen atoms in total. The van der Waals surface area contributed by atoms with Gasteiger partial charge in [-0.25, -0.2) is 17.2 Å². The van der Waals surface area contributed by atoms with Crippen molar-refractivity contribution in [1.82, 2.24) is 5.32 Å². The average Bonchev–Trinajstić information content (AvgIpc) is 3.16. The van der Waals surface area contributed by atoms with Gasteiger partial charge in [-0.2, -0.15) is 26.3 Å². The van der Waals surface area contributed by atoms with Crippen molar-refractivity contribution in [3.8, 4) is 0 Å². The van der Waals surface area contributed by atoms with E-state index in [0.29, 0.717) is 12.1 Å². The van der Waals surface area contributed by atoms with E-state index in [1.54, 1.807) is 0 Å². The molecule has 2 aliphatic rings. The summed E-state index contributed by atoms with van der Waals surface area (Å²) in [6, 6.07) is 4.58. The van der Waals surface area contributed by atoms with Gasteiger partial charge in [-0.15, -0.1) is 0 Å². The third-order valence-electron chi connectivity index (χ3n) is 8.54. The van der Waals surface area contributed by atoms with Crippen LogP contribution in [-0.4, -0.2) is 44.4 Å². The number of halogens is 8. The van der Waals surface area contributed by atoms with E-state index >= 15 is 0 Å².